The fourth-order valence-corrected chi connectivity index (χ4v) is 1.42. The molecule has 0 aliphatic carbocycles. The van der Waals surface area contributed by atoms with Crippen LogP contribution in [0.3, 0.4) is 0 Å². The van der Waals surface area contributed by atoms with Gasteiger partial charge in [0.15, 0.2) is 11.5 Å². The largest absolute Gasteiger partial charge is 0.504 e. The lowest BCUT2D eigenvalue weighted by molar-refractivity contribution is 0.0953. The fourth-order valence-electron chi connectivity index (χ4n) is 1.04. The molecule has 3 N–H and O–H groups in total. The van der Waals surface area contributed by atoms with Crippen molar-refractivity contribution in [2.45, 2.75) is 6.42 Å². The summed E-state index contributed by atoms with van der Waals surface area (Å²) in [6.45, 7) is 0.614. The van der Waals surface area contributed by atoms with Crippen molar-refractivity contribution in [3.8, 4) is 11.5 Å². The predicted molar refractivity (Wildman–Crippen MR) is 65.6 cm³/mol. The molecule has 15 heavy (non-hydrogen) atoms. The molecule has 0 spiro atoms. The molecule has 1 aromatic carbocycles. The zero-order valence-electron chi connectivity index (χ0n) is 8.03. The first-order valence-corrected chi connectivity index (χ1v) is 6.04. The van der Waals surface area contributed by atoms with Gasteiger partial charge in [0, 0.05) is 16.5 Å². The molecular weight excluding hydrogens is 309 g/mol. The molecule has 0 aromatic heterocycles. The Balaban J connectivity index is 2.62. The van der Waals surface area contributed by atoms with Crippen LogP contribution < -0.4 is 5.32 Å². The summed E-state index contributed by atoms with van der Waals surface area (Å²) in [5.74, 6) is -0.745. The zero-order chi connectivity index (χ0) is 11.3. The van der Waals surface area contributed by atoms with Gasteiger partial charge in [0.2, 0.25) is 0 Å². The molecule has 0 aliphatic rings. The topological polar surface area (TPSA) is 69.6 Å². The van der Waals surface area contributed by atoms with E-state index in [0.717, 1.165) is 10.8 Å². The maximum absolute atomic E-state index is 11.5. The van der Waals surface area contributed by atoms with Crippen LogP contribution in [-0.2, 0) is 0 Å². The second-order valence-corrected chi connectivity index (χ2v) is 4.08. The highest BCUT2D eigenvalue weighted by atomic mass is 127. The quantitative estimate of drug-likeness (QED) is 0.342. The minimum Gasteiger partial charge on any atom is -0.504 e. The monoisotopic (exact) mass is 321 g/mol. The van der Waals surface area contributed by atoms with Crippen LogP contribution in [0.25, 0.3) is 0 Å². The average Bonchev–Trinajstić information content (AvgIpc) is 2.22. The number of hydrogen-bond acceptors (Lipinski definition) is 3. The molecular formula is C10H12INO3. The molecule has 0 saturated carbocycles. The van der Waals surface area contributed by atoms with Crippen LogP contribution in [0.15, 0.2) is 18.2 Å². The van der Waals surface area contributed by atoms with Crippen molar-refractivity contribution in [1.29, 1.82) is 0 Å². The highest BCUT2D eigenvalue weighted by molar-refractivity contribution is 14.1. The van der Waals surface area contributed by atoms with Crippen LogP contribution in [0.2, 0.25) is 0 Å². The van der Waals surface area contributed by atoms with Crippen molar-refractivity contribution < 1.29 is 15.0 Å². The molecule has 0 heterocycles. The summed E-state index contributed by atoms with van der Waals surface area (Å²) >= 11 is 2.23. The van der Waals surface area contributed by atoms with Gasteiger partial charge in [0.25, 0.3) is 5.91 Å². The normalized spacial score (nSPS) is 9.93. The number of nitrogens with one attached hydrogen (secondary N) is 1. The number of alkyl halides is 1. The Morgan fingerprint density at radius 1 is 1.33 bits per heavy atom. The molecule has 0 unspecified atom stereocenters. The van der Waals surface area contributed by atoms with E-state index in [4.69, 9.17) is 5.11 Å². The summed E-state index contributed by atoms with van der Waals surface area (Å²) in [5.41, 5.74) is 0.346. The van der Waals surface area contributed by atoms with Crippen LogP contribution in [0.1, 0.15) is 16.8 Å². The van der Waals surface area contributed by atoms with Gasteiger partial charge in [-0.25, -0.2) is 0 Å². The molecule has 0 saturated heterocycles. The van der Waals surface area contributed by atoms with E-state index in [0.29, 0.717) is 12.1 Å². The SMILES string of the molecule is O=C(NCCCI)c1ccc(O)c(O)c1. The van der Waals surface area contributed by atoms with Crippen molar-refractivity contribution in [3.05, 3.63) is 23.8 Å². The first kappa shape index (κ1) is 12.1. The van der Waals surface area contributed by atoms with Crippen molar-refractivity contribution in [2.75, 3.05) is 11.0 Å². The third kappa shape index (κ3) is 3.58. The van der Waals surface area contributed by atoms with Crippen molar-refractivity contribution in [1.82, 2.24) is 5.32 Å². The average molecular weight is 321 g/mol. The standard InChI is InChI=1S/C10H12INO3/c11-4-1-5-12-10(15)7-2-3-8(13)9(14)6-7/h2-3,6,13-14H,1,4-5H2,(H,12,15). The van der Waals surface area contributed by atoms with Gasteiger partial charge in [-0.05, 0) is 24.6 Å². The second kappa shape index (κ2) is 5.79. The second-order valence-electron chi connectivity index (χ2n) is 3.00. The van der Waals surface area contributed by atoms with Gasteiger partial charge < -0.3 is 15.5 Å². The number of phenols is 2. The molecule has 0 atom stereocenters. The molecule has 82 valence electrons. The van der Waals surface area contributed by atoms with E-state index in [9.17, 15) is 9.90 Å². The minimum atomic E-state index is -0.281. The highest BCUT2D eigenvalue weighted by Gasteiger charge is 2.07. The van der Waals surface area contributed by atoms with Gasteiger partial charge in [0.1, 0.15) is 0 Å². The Labute approximate surface area is 101 Å². The number of hydrogen-bond donors (Lipinski definition) is 3. The van der Waals surface area contributed by atoms with Crippen LogP contribution in [0.5, 0.6) is 11.5 Å². The Morgan fingerprint density at radius 2 is 2.07 bits per heavy atom. The van der Waals surface area contributed by atoms with E-state index in [-0.39, 0.29) is 17.4 Å². The number of aromatic hydroxyl groups is 2. The number of amides is 1. The lowest BCUT2D eigenvalue weighted by Crippen LogP contribution is -2.24. The Bertz CT molecular complexity index is 355. The lowest BCUT2D eigenvalue weighted by Gasteiger charge is -2.04. The number of phenolic OH excluding ortho intramolecular Hbond substituents is 2. The maximum Gasteiger partial charge on any atom is 0.251 e. The van der Waals surface area contributed by atoms with E-state index in [2.05, 4.69) is 27.9 Å². The molecule has 0 aliphatic heterocycles. The van der Waals surface area contributed by atoms with Crippen LogP contribution in [0, 0.1) is 0 Å². The van der Waals surface area contributed by atoms with Gasteiger partial charge in [-0.2, -0.15) is 0 Å². The zero-order valence-corrected chi connectivity index (χ0v) is 10.2. The first-order chi connectivity index (χ1) is 7.15. The summed E-state index contributed by atoms with van der Waals surface area (Å²) in [6.07, 6.45) is 0.913. The van der Waals surface area contributed by atoms with E-state index in [1.807, 2.05) is 0 Å². The highest BCUT2D eigenvalue weighted by Crippen LogP contribution is 2.24. The van der Waals surface area contributed by atoms with E-state index in [1.165, 1.54) is 18.2 Å². The van der Waals surface area contributed by atoms with E-state index in [1.54, 1.807) is 0 Å². The van der Waals surface area contributed by atoms with Crippen molar-refractivity contribution in [2.24, 2.45) is 0 Å². The van der Waals surface area contributed by atoms with Gasteiger partial charge in [-0.3, -0.25) is 4.79 Å². The first-order valence-electron chi connectivity index (χ1n) is 4.51. The summed E-state index contributed by atoms with van der Waals surface area (Å²) in [6, 6.07) is 4.01. The van der Waals surface area contributed by atoms with E-state index < -0.39 is 0 Å². The summed E-state index contributed by atoms with van der Waals surface area (Å²) < 4.78 is 0.985. The number of carbonyl (C=O) groups excluding carboxylic acids is 1. The third-order valence-electron chi connectivity index (χ3n) is 1.83. The molecule has 0 bridgehead atoms. The Hall–Kier alpha value is -0.980. The molecule has 0 fully saturated rings. The Morgan fingerprint density at radius 3 is 2.67 bits per heavy atom. The molecule has 5 heteroatoms. The van der Waals surface area contributed by atoms with Gasteiger partial charge in [0.05, 0.1) is 0 Å². The minimum absolute atomic E-state index is 0.223. The maximum atomic E-state index is 11.5. The van der Waals surface area contributed by atoms with E-state index >= 15 is 0 Å². The van der Waals surface area contributed by atoms with Crippen LogP contribution >= 0.6 is 22.6 Å². The fraction of sp³-hybridized carbons (Fsp3) is 0.300. The van der Waals surface area contributed by atoms with Crippen molar-refractivity contribution >= 4 is 28.5 Å². The Kier molecular flexibility index (Phi) is 4.67. The summed E-state index contributed by atoms with van der Waals surface area (Å²) in [7, 11) is 0. The number of halogens is 1. The van der Waals surface area contributed by atoms with Gasteiger partial charge >= 0.3 is 0 Å². The van der Waals surface area contributed by atoms with Crippen LogP contribution in [-0.4, -0.2) is 27.1 Å². The van der Waals surface area contributed by atoms with Crippen molar-refractivity contribution in [3.63, 3.8) is 0 Å². The molecule has 1 amide bonds. The lowest BCUT2D eigenvalue weighted by atomic mass is 10.2. The molecule has 4 nitrogen and oxygen atoms in total. The predicted octanol–water partition coefficient (Wildman–Crippen LogP) is 1.65. The number of carbonyl (C=O) groups is 1. The third-order valence-corrected chi connectivity index (χ3v) is 2.60. The number of benzene rings is 1. The van der Waals surface area contributed by atoms with Crippen LogP contribution in [0.4, 0.5) is 0 Å². The molecule has 1 rings (SSSR count). The molecule has 1 aromatic rings. The molecule has 0 radical (unpaired) electrons. The smallest absolute Gasteiger partial charge is 0.251 e. The summed E-state index contributed by atoms with van der Waals surface area (Å²) in [4.78, 5) is 11.5. The summed E-state index contributed by atoms with van der Waals surface area (Å²) in [5, 5.41) is 21.0. The number of rotatable bonds is 4. The van der Waals surface area contributed by atoms with Gasteiger partial charge in [-0.15, -0.1) is 0 Å². The van der Waals surface area contributed by atoms with Gasteiger partial charge in [-0.1, -0.05) is 22.6 Å².